The fraction of sp³-hybridized carbons (Fsp3) is 0.545. The molecule has 0 aliphatic rings. The summed E-state index contributed by atoms with van der Waals surface area (Å²) in [4.78, 5) is 3.53. The van der Waals surface area contributed by atoms with Gasteiger partial charge >= 0.3 is 6.18 Å². The second-order valence-electron chi connectivity index (χ2n) is 3.85. The molecule has 1 atom stereocenters. The van der Waals surface area contributed by atoms with Gasteiger partial charge in [-0.25, -0.2) is 4.98 Å². The van der Waals surface area contributed by atoms with Crippen LogP contribution in [0.1, 0.15) is 12.6 Å². The van der Waals surface area contributed by atoms with Crippen LogP contribution in [0, 0.1) is 5.92 Å². The van der Waals surface area contributed by atoms with E-state index in [1.54, 1.807) is 17.8 Å². The van der Waals surface area contributed by atoms with Crippen LogP contribution in [-0.2, 0) is 6.18 Å². The summed E-state index contributed by atoms with van der Waals surface area (Å²) in [6.07, 6.45) is -2.39. The van der Waals surface area contributed by atoms with Crippen molar-refractivity contribution in [3.63, 3.8) is 0 Å². The number of rotatable bonds is 5. The second-order valence-corrected chi connectivity index (χ2v) is 4.76. The molecule has 0 aliphatic carbocycles. The van der Waals surface area contributed by atoms with Crippen molar-refractivity contribution in [3.05, 3.63) is 23.9 Å². The molecule has 2 nitrogen and oxygen atoms in total. The number of halogens is 3. The number of pyridine rings is 1. The Balaban J connectivity index is 2.60. The fourth-order valence-corrected chi connectivity index (χ4v) is 2.00. The lowest BCUT2D eigenvalue weighted by molar-refractivity contribution is -0.141. The molecule has 1 rings (SSSR count). The van der Waals surface area contributed by atoms with Gasteiger partial charge in [0.2, 0.25) is 0 Å². The average molecular weight is 264 g/mol. The molecule has 0 amide bonds. The van der Waals surface area contributed by atoms with Crippen LogP contribution in [0.25, 0.3) is 0 Å². The Morgan fingerprint density at radius 3 is 2.71 bits per heavy atom. The summed E-state index contributed by atoms with van der Waals surface area (Å²) in [5.74, 6) is 1.63. The molecule has 0 spiro atoms. The Kier molecular flexibility index (Phi) is 5.11. The normalized spacial score (nSPS) is 13.5. The van der Waals surface area contributed by atoms with Crippen molar-refractivity contribution in [1.82, 2.24) is 4.98 Å². The van der Waals surface area contributed by atoms with E-state index in [9.17, 15) is 13.2 Å². The minimum atomic E-state index is -4.39. The van der Waals surface area contributed by atoms with Crippen molar-refractivity contribution in [2.75, 3.05) is 23.9 Å². The van der Waals surface area contributed by atoms with Gasteiger partial charge < -0.3 is 5.32 Å². The van der Waals surface area contributed by atoms with Crippen LogP contribution in [0.2, 0.25) is 0 Å². The summed E-state index contributed by atoms with van der Waals surface area (Å²) in [6, 6.07) is 3.87. The third-order valence-electron chi connectivity index (χ3n) is 2.12. The predicted molar refractivity (Wildman–Crippen MR) is 65.3 cm³/mol. The first kappa shape index (κ1) is 14.2. The van der Waals surface area contributed by atoms with Gasteiger partial charge in [-0.1, -0.05) is 13.0 Å². The molecule has 1 unspecified atom stereocenters. The van der Waals surface area contributed by atoms with Crippen LogP contribution in [0.3, 0.4) is 0 Å². The van der Waals surface area contributed by atoms with Crippen LogP contribution >= 0.6 is 11.8 Å². The molecule has 0 radical (unpaired) electrons. The SMILES string of the molecule is CSCC(C)CNc1cccc(C(F)(F)F)n1. The number of anilines is 1. The van der Waals surface area contributed by atoms with E-state index in [0.29, 0.717) is 12.5 Å². The minimum absolute atomic E-state index is 0.271. The number of aromatic nitrogens is 1. The van der Waals surface area contributed by atoms with E-state index in [4.69, 9.17) is 0 Å². The van der Waals surface area contributed by atoms with Crippen molar-refractivity contribution in [2.24, 2.45) is 5.92 Å². The highest BCUT2D eigenvalue weighted by atomic mass is 32.2. The quantitative estimate of drug-likeness (QED) is 0.881. The van der Waals surface area contributed by atoms with E-state index in [1.165, 1.54) is 6.07 Å². The highest BCUT2D eigenvalue weighted by Gasteiger charge is 2.32. The average Bonchev–Trinajstić information content (AvgIpc) is 2.26. The fourth-order valence-electron chi connectivity index (χ4n) is 1.31. The minimum Gasteiger partial charge on any atom is -0.370 e. The number of thioether (sulfide) groups is 1. The maximum absolute atomic E-state index is 12.4. The third kappa shape index (κ3) is 4.85. The molecular weight excluding hydrogens is 249 g/mol. The molecule has 17 heavy (non-hydrogen) atoms. The van der Waals surface area contributed by atoms with Gasteiger partial charge in [-0.2, -0.15) is 24.9 Å². The first-order chi connectivity index (χ1) is 7.93. The Labute approximate surface area is 103 Å². The standard InChI is InChI=1S/C11H15F3N2S/c1-8(7-17-2)6-15-10-5-3-4-9(16-10)11(12,13)14/h3-5,8H,6-7H2,1-2H3,(H,15,16). The summed E-state index contributed by atoms with van der Waals surface area (Å²) in [5.41, 5.74) is -0.861. The molecular formula is C11H15F3N2S. The topological polar surface area (TPSA) is 24.9 Å². The van der Waals surface area contributed by atoms with Crippen LogP contribution in [0.15, 0.2) is 18.2 Å². The molecule has 0 aromatic carbocycles. The summed E-state index contributed by atoms with van der Waals surface area (Å²) >= 11 is 1.71. The van der Waals surface area contributed by atoms with Gasteiger partial charge in [-0.05, 0) is 30.1 Å². The smallest absolute Gasteiger partial charge is 0.370 e. The van der Waals surface area contributed by atoms with E-state index >= 15 is 0 Å². The maximum atomic E-state index is 12.4. The summed E-state index contributed by atoms with van der Waals surface area (Å²) in [7, 11) is 0. The van der Waals surface area contributed by atoms with Crippen molar-refractivity contribution >= 4 is 17.6 Å². The molecule has 1 heterocycles. The zero-order valence-corrected chi connectivity index (χ0v) is 10.5. The Morgan fingerprint density at radius 1 is 1.41 bits per heavy atom. The van der Waals surface area contributed by atoms with Crippen molar-refractivity contribution in [3.8, 4) is 0 Å². The highest BCUT2D eigenvalue weighted by Crippen LogP contribution is 2.28. The molecule has 1 aromatic rings. The van der Waals surface area contributed by atoms with Gasteiger partial charge in [-0.15, -0.1) is 0 Å². The second kappa shape index (κ2) is 6.14. The van der Waals surface area contributed by atoms with Crippen LogP contribution in [-0.4, -0.2) is 23.5 Å². The number of hydrogen-bond donors (Lipinski definition) is 1. The molecule has 0 fully saturated rings. The third-order valence-corrected chi connectivity index (χ3v) is 3.02. The summed E-state index contributed by atoms with van der Waals surface area (Å²) in [5, 5.41) is 2.92. The first-order valence-electron chi connectivity index (χ1n) is 5.20. The number of alkyl halides is 3. The van der Waals surface area contributed by atoms with Crippen molar-refractivity contribution in [2.45, 2.75) is 13.1 Å². The Bertz CT molecular complexity index is 355. The number of nitrogens with one attached hydrogen (secondary N) is 1. The molecule has 1 N–H and O–H groups in total. The highest BCUT2D eigenvalue weighted by molar-refractivity contribution is 7.98. The first-order valence-corrected chi connectivity index (χ1v) is 6.60. The monoisotopic (exact) mass is 264 g/mol. The zero-order valence-electron chi connectivity index (χ0n) is 9.71. The van der Waals surface area contributed by atoms with Gasteiger partial charge in [0.1, 0.15) is 11.5 Å². The summed E-state index contributed by atoms with van der Waals surface area (Å²) < 4.78 is 37.2. The zero-order chi connectivity index (χ0) is 12.9. The van der Waals surface area contributed by atoms with E-state index in [-0.39, 0.29) is 5.82 Å². The molecule has 0 aliphatic heterocycles. The molecule has 96 valence electrons. The molecule has 0 saturated heterocycles. The van der Waals surface area contributed by atoms with Gasteiger partial charge in [0.05, 0.1) is 0 Å². The maximum Gasteiger partial charge on any atom is 0.433 e. The van der Waals surface area contributed by atoms with Gasteiger partial charge in [0.15, 0.2) is 0 Å². The van der Waals surface area contributed by atoms with Crippen LogP contribution in [0.4, 0.5) is 19.0 Å². The van der Waals surface area contributed by atoms with Gasteiger partial charge in [0.25, 0.3) is 0 Å². The number of hydrogen-bond acceptors (Lipinski definition) is 3. The van der Waals surface area contributed by atoms with E-state index < -0.39 is 11.9 Å². The van der Waals surface area contributed by atoms with Crippen molar-refractivity contribution in [1.29, 1.82) is 0 Å². The lowest BCUT2D eigenvalue weighted by Crippen LogP contribution is -2.15. The Morgan fingerprint density at radius 2 is 2.12 bits per heavy atom. The largest absolute Gasteiger partial charge is 0.433 e. The molecule has 0 saturated carbocycles. The van der Waals surface area contributed by atoms with Crippen molar-refractivity contribution < 1.29 is 13.2 Å². The lowest BCUT2D eigenvalue weighted by Gasteiger charge is -2.13. The van der Waals surface area contributed by atoms with Crippen LogP contribution < -0.4 is 5.32 Å². The van der Waals surface area contributed by atoms with E-state index in [0.717, 1.165) is 11.8 Å². The molecule has 6 heteroatoms. The van der Waals surface area contributed by atoms with Gasteiger partial charge in [0, 0.05) is 6.54 Å². The van der Waals surface area contributed by atoms with Crippen LogP contribution in [0.5, 0.6) is 0 Å². The Hall–Kier alpha value is -0.910. The number of nitrogens with zero attached hydrogens (tertiary/aromatic N) is 1. The molecule has 0 bridgehead atoms. The lowest BCUT2D eigenvalue weighted by atomic mass is 10.2. The van der Waals surface area contributed by atoms with E-state index in [2.05, 4.69) is 10.3 Å². The molecule has 1 aromatic heterocycles. The van der Waals surface area contributed by atoms with E-state index in [1.807, 2.05) is 13.2 Å². The summed E-state index contributed by atoms with van der Waals surface area (Å²) in [6.45, 7) is 2.66. The van der Waals surface area contributed by atoms with Gasteiger partial charge in [-0.3, -0.25) is 0 Å². The predicted octanol–water partition coefficient (Wildman–Crippen LogP) is 3.51.